The zero-order valence-corrected chi connectivity index (χ0v) is 22.3. The Bertz CT molecular complexity index is 2030. The van der Waals surface area contributed by atoms with E-state index in [1.54, 1.807) is 0 Å². The van der Waals surface area contributed by atoms with Gasteiger partial charge in [-0.25, -0.2) is 0 Å². The maximum Gasteiger partial charge on any atom is 0.576 e. The van der Waals surface area contributed by atoms with Crippen molar-refractivity contribution in [1.29, 1.82) is 0 Å². The number of rotatable bonds is 6. The lowest BCUT2D eigenvalue weighted by molar-refractivity contribution is 0.465. The lowest BCUT2D eigenvalue weighted by Gasteiger charge is -2.11. The van der Waals surface area contributed by atoms with Crippen LogP contribution in [0.5, 0.6) is 11.5 Å². The highest BCUT2D eigenvalue weighted by molar-refractivity contribution is 6.24. The molecule has 0 aliphatic heterocycles. The summed E-state index contributed by atoms with van der Waals surface area (Å²) < 4.78 is 17.4. The van der Waals surface area contributed by atoms with Crippen LogP contribution in [-0.2, 0) is 0 Å². The van der Waals surface area contributed by atoms with Crippen LogP contribution >= 0.6 is 0 Å². The van der Waals surface area contributed by atoms with Gasteiger partial charge < -0.3 is 18.4 Å². The fourth-order valence-corrected chi connectivity index (χ4v) is 6.08. The molecule has 4 nitrogen and oxygen atoms in total. The van der Waals surface area contributed by atoms with Gasteiger partial charge in [0, 0.05) is 32.9 Å². The van der Waals surface area contributed by atoms with Crippen LogP contribution in [0.2, 0.25) is 0 Å². The van der Waals surface area contributed by atoms with Gasteiger partial charge >= 0.3 is 7.69 Å². The van der Waals surface area contributed by atoms with Crippen molar-refractivity contribution in [2.24, 2.45) is 0 Å². The Hall–Kier alpha value is -5.42. The van der Waals surface area contributed by atoms with Gasteiger partial charge in [-0.15, -0.1) is 0 Å². The third kappa shape index (κ3) is 3.78. The van der Waals surface area contributed by atoms with E-state index in [1.165, 1.54) is 0 Å². The van der Waals surface area contributed by atoms with E-state index in [4.69, 9.17) is 9.31 Å². The zero-order valence-electron chi connectivity index (χ0n) is 22.3. The average Bonchev–Trinajstić information content (AvgIpc) is 3.56. The van der Waals surface area contributed by atoms with Crippen molar-refractivity contribution in [2.75, 3.05) is 0 Å². The Morgan fingerprint density at radius 1 is 0.366 bits per heavy atom. The molecule has 6 aromatic carbocycles. The summed E-state index contributed by atoms with van der Waals surface area (Å²) >= 11 is 0. The first kappa shape index (κ1) is 23.5. The van der Waals surface area contributed by atoms with E-state index in [0.29, 0.717) is 0 Å². The molecule has 2 heterocycles. The lowest BCUT2D eigenvalue weighted by Crippen LogP contribution is -2.11. The summed E-state index contributed by atoms with van der Waals surface area (Å²) in [5.74, 6) is 1.60. The van der Waals surface area contributed by atoms with Gasteiger partial charge in [0.15, 0.2) is 0 Å². The SMILES string of the molecule is B(Oc1cccc2c1c1ccccc1n2-c1ccccc1)Oc1cccc2c1c1ccccc1n2-c1ccccc1. The van der Waals surface area contributed by atoms with Gasteiger partial charge in [-0.3, -0.25) is 0 Å². The van der Waals surface area contributed by atoms with Gasteiger partial charge in [-0.05, 0) is 60.7 Å². The van der Waals surface area contributed by atoms with E-state index >= 15 is 0 Å². The Morgan fingerprint density at radius 2 is 0.756 bits per heavy atom. The maximum atomic E-state index is 6.39. The topological polar surface area (TPSA) is 28.3 Å². The molecule has 0 unspecified atom stereocenters. The summed E-state index contributed by atoms with van der Waals surface area (Å²) in [5, 5.41) is 4.45. The van der Waals surface area contributed by atoms with Crippen LogP contribution in [0, 0.1) is 0 Å². The predicted octanol–water partition coefficient (Wildman–Crippen LogP) is 8.61. The first-order valence-electron chi connectivity index (χ1n) is 13.8. The third-order valence-electron chi connectivity index (χ3n) is 7.78. The minimum atomic E-state index is 0.0912. The van der Waals surface area contributed by atoms with Gasteiger partial charge in [-0.1, -0.05) is 84.9 Å². The number of aromatic nitrogens is 2. The van der Waals surface area contributed by atoms with Crippen LogP contribution in [0.25, 0.3) is 55.0 Å². The molecule has 0 fully saturated rings. The highest BCUT2D eigenvalue weighted by atomic mass is 16.6. The molecule has 0 spiro atoms. The van der Waals surface area contributed by atoms with Crippen molar-refractivity contribution in [3.8, 4) is 22.9 Å². The Balaban J connectivity index is 1.19. The molecule has 0 atom stereocenters. The summed E-state index contributed by atoms with van der Waals surface area (Å²) in [6.45, 7) is 0. The minimum Gasteiger partial charge on any atom is -0.528 e. The standard InChI is InChI=1S/C36H25BN2O2/c1-3-13-25(14-4-1)38-29-19-9-7-17-27(29)35-31(38)21-11-23-33(35)40-37-41-34-24-12-22-32-36(34)28-18-8-10-20-30(28)39(32)26-15-5-2-6-16-26/h1-24,37H. The van der Waals surface area contributed by atoms with Crippen LogP contribution in [0.3, 0.4) is 0 Å². The lowest BCUT2D eigenvalue weighted by atomic mass is 10.1. The molecule has 0 amide bonds. The average molecular weight is 528 g/mol. The summed E-state index contributed by atoms with van der Waals surface area (Å²) in [6, 6.07) is 50.3. The molecular weight excluding hydrogens is 503 g/mol. The Labute approximate surface area is 237 Å². The van der Waals surface area contributed by atoms with E-state index < -0.39 is 0 Å². The highest BCUT2D eigenvalue weighted by Gasteiger charge is 2.18. The van der Waals surface area contributed by atoms with Crippen molar-refractivity contribution < 1.29 is 9.31 Å². The van der Waals surface area contributed by atoms with Crippen LogP contribution < -0.4 is 9.31 Å². The van der Waals surface area contributed by atoms with Gasteiger partial charge in [0.05, 0.1) is 22.1 Å². The van der Waals surface area contributed by atoms with E-state index in [-0.39, 0.29) is 7.69 Å². The largest absolute Gasteiger partial charge is 0.576 e. The van der Waals surface area contributed by atoms with Gasteiger partial charge in [0.2, 0.25) is 0 Å². The summed E-state index contributed by atoms with van der Waals surface area (Å²) in [6.07, 6.45) is 0. The van der Waals surface area contributed by atoms with E-state index in [1.807, 2.05) is 36.4 Å². The Morgan fingerprint density at radius 3 is 1.22 bits per heavy atom. The number of para-hydroxylation sites is 4. The summed E-state index contributed by atoms with van der Waals surface area (Å²) in [5.41, 5.74) is 6.72. The van der Waals surface area contributed by atoms with Gasteiger partial charge in [0.25, 0.3) is 0 Å². The molecule has 8 rings (SSSR count). The molecule has 0 saturated carbocycles. The molecule has 0 radical (unpaired) electrons. The van der Waals surface area contributed by atoms with E-state index in [0.717, 1.165) is 66.5 Å². The first-order chi connectivity index (χ1) is 20.4. The molecule has 0 aliphatic carbocycles. The molecule has 0 saturated heterocycles. The minimum absolute atomic E-state index is 0.0912. The molecule has 8 aromatic rings. The van der Waals surface area contributed by atoms with Gasteiger partial charge in [-0.2, -0.15) is 0 Å². The first-order valence-corrected chi connectivity index (χ1v) is 13.8. The smallest absolute Gasteiger partial charge is 0.528 e. The van der Waals surface area contributed by atoms with Crippen molar-refractivity contribution in [1.82, 2.24) is 9.13 Å². The number of nitrogens with zero attached hydrogens (tertiary/aromatic N) is 2. The van der Waals surface area contributed by atoms with Crippen molar-refractivity contribution >= 4 is 51.3 Å². The van der Waals surface area contributed by atoms with Crippen molar-refractivity contribution in [2.45, 2.75) is 0 Å². The number of benzene rings is 6. The molecule has 2 aromatic heterocycles. The summed E-state index contributed by atoms with van der Waals surface area (Å²) in [7, 11) is 0.0912. The fraction of sp³-hybridized carbons (Fsp3) is 0. The van der Waals surface area contributed by atoms with Crippen LogP contribution in [-0.4, -0.2) is 16.8 Å². The van der Waals surface area contributed by atoms with E-state index in [9.17, 15) is 0 Å². The molecule has 41 heavy (non-hydrogen) atoms. The molecule has 194 valence electrons. The molecular formula is C36H25BN2O2. The van der Waals surface area contributed by atoms with Gasteiger partial charge in [0.1, 0.15) is 11.5 Å². The molecule has 0 bridgehead atoms. The maximum absolute atomic E-state index is 6.39. The number of hydrogen-bond donors (Lipinski definition) is 0. The predicted molar refractivity (Wildman–Crippen MR) is 170 cm³/mol. The number of fused-ring (bicyclic) bond motifs is 6. The zero-order chi connectivity index (χ0) is 27.2. The van der Waals surface area contributed by atoms with Crippen LogP contribution in [0.4, 0.5) is 0 Å². The summed E-state index contributed by atoms with van der Waals surface area (Å²) in [4.78, 5) is 0. The van der Waals surface area contributed by atoms with Crippen molar-refractivity contribution in [3.63, 3.8) is 0 Å². The normalized spacial score (nSPS) is 11.4. The Kier molecular flexibility index (Phi) is 5.52. The second kappa shape index (κ2) is 9.65. The quantitative estimate of drug-likeness (QED) is 0.202. The van der Waals surface area contributed by atoms with Crippen molar-refractivity contribution in [3.05, 3.63) is 146 Å². The molecule has 0 N–H and O–H groups in total. The highest BCUT2D eigenvalue weighted by Crippen LogP contribution is 2.39. The second-order valence-electron chi connectivity index (χ2n) is 10.1. The van der Waals surface area contributed by atoms with Crippen LogP contribution in [0.1, 0.15) is 0 Å². The third-order valence-corrected chi connectivity index (χ3v) is 7.78. The number of hydrogen-bond acceptors (Lipinski definition) is 2. The monoisotopic (exact) mass is 528 g/mol. The molecule has 0 aliphatic rings. The molecule has 5 heteroatoms. The van der Waals surface area contributed by atoms with E-state index in [2.05, 4.69) is 118 Å². The fourth-order valence-electron chi connectivity index (χ4n) is 6.08. The van der Waals surface area contributed by atoms with Crippen LogP contribution in [0.15, 0.2) is 146 Å². The second-order valence-corrected chi connectivity index (χ2v) is 10.1.